The lowest BCUT2D eigenvalue weighted by Crippen LogP contribution is -2.23. The maximum atomic E-state index is 4.63. The number of nitrogens with zero attached hydrogens (tertiary/aromatic N) is 1. The molecule has 0 radical (unpaired) electrons. The van der Waals surface area contributed by atoms with Crippen molar-refractivity contribution >= 4 is 0 Å². The van der Waals surface area contributed by atoms with E-state index in [9.17, 15) is 0 Å². The maximum absolute atomic E-state index is 4.63. The highest BCUT2D eigenvalue weighted by atomic mass is 15.0. The van der Waals surface area contributed by atoms with E-state index in [-0.39, 0.29) is 0 Å². The van der Waals surface area contributed by atoms with Crippen LogP contribution in [0.25, 0.3) is 11.4 Å². The van der Waals surface area contributed by atoms with Crippen molar-refractivity contribution in [2.45, 2.75) is 13.0 Å². The molecule has 76 valence electrons. The molecule has 2 aromatic rings. The number of fused-ring (bicyclic) bond motifs is 1. The van der Waals surface area contributed by atoms with Gasteiger partial charge < -0.3 is 10.3 Å². The van der Waals surface area contributed by atoms with Crippen molar-refractivity contribution in [2.24, 2.45) is 0 Å². The summed E-state index contributed by atoms with van der Waals surface area (Å²) in [5.41, 5.74) is 3.61. The quantitative estimate of drug-likeness (QED) is 0.734. The van der Waals surface area contributed by atoms with Crippen LogP contribution in [-0.2, 0) is 13.0 Å². The Morgan fingerprint density at radius 2 is 2.00 bits per heavy atom. The molecule has 3 heteroatoms. The van der Waals surface area contributed by atoms with Crippen LogP contribution in [0.4, 0.5) is 0 Å². The Hall–Kier alpha value is -1.61. The van der Waals surface area contributed by atoms with E-state index in [1.807, 2.05) is 18.2 Å². The molecule has 2 N–H and O–H groups in total. The normalized spacial score (nSPS) is 14.9. The molecule has 1 aromatic carbocycles. The molecule has 0 saturated heterocycles. The zero-order valence-corrected chi connectivity index (χ0v) is 8.46. The van der Waals surface area contributed by atoms with Gasteiger partial charge in [-0.25, -0.2) is 4.98 Å². The number of aromatic amines is 1. The van der Waals surface area contributed by atoms with E-state index in [0.29, 0.717) is 0 Å². The molecule has 15 heavy (non-hydrogen) atoms. The summed E-state index contributed by atoms with van der Waals surface area (Å²) in [6, 6.07) is 10.3. The monoisotopic (exact) mass is 199 g/mol. The molecular weight excluding hydrogens is 186 g/mol. The molecule has 1 aromatic heterocycles. The summed E-state index contributed by atoms with van der Waals surface area (Å²) in [6.07, 6.45) is 1.03. The molecule has 0 bridgehead atoms. The van der Waals surface area contributed by atoms with Crippen molar-refractivity contribution in [3.63, 3.8) is 0 Å². The zero-order chi connectivity index (χ0) is 10.1. The van der Waals surface area contributed by atoms with Crippen LogP contribution >= 0.6 is 0 Å². The number of imidazole rings is 1. The Morgan fingerprint density at radius 1 is 1.13 bits per heavy atom. The second-order valence-corrected chi connectivity index (χ2v) is 3.80. The van der Waals surface area contributed by atoms with Crippen LogP contribution in [0.15, 0.2) is 30.3 Å². The lowest BCUT2D eigenvalue weighted by atomic mass is 10.2. The summed E-state index contributed by atoms with van der Waals surface area (Å²) in [7, 11) is 0. The van der Waals surface area contributed by atoms with Crippen LogP contribution in [0.5, 0.6) is 0 Å². The minimum atomic E-state index is 0.912. The fourth-order valence-corrected chi connectivity index (χ4v) is 1.95. The highest BCUT2D eigenvalue weighted by molar-refractivity contribution is 5.55. The van der Waals surface area contributed by atoms with Gasteiger partial charge in [-0.2, -0.15) is 0 Å². The van der Waals surface area contributed by atoms with Crippen LogP contribution < -0.4 is 5.32 Å². The Balaban J connectivity index is 2.03. The maximum Gasteiger partial charge on any atom is 0.137 e. The first-order valence-corrected chi connectivity index (χ1v) is 5.27. The van der Waals surface area contributed by atoms with E-state index in [1.54, 1.807) is 0 Å². The zero-order valence-electron chi connectivity index (χ0n) is 8.46. The molecule has 3 rings (SSSR count). The predicted octanol–water partition coefficient (Wildman–Crippen LogP) is 1.72. The number of nitrogens with one attached hydrogen (secondary N) is 2. The van der Waals surface area contributed by atoms with Gasteiger partial charge >= 0.3 is 0 Å². The number of benzene rings is 1. The standard InChI is InChI=1S/C12H13N3/c1-2-4-9(5-3-1)12-14-10-6-7-13-8-11(10)15-12/h1-5,13H,6-8H2,(H,14,15). The number of hydrogen-bond donors (Lipinski definition) is 2. The van der Waals surface area contributed by atoms with E-state index in [4.69, 9.17) is 0 Å². The second kappa shape index (κ2) is 3.51. The van der Waals surface area contributed by atoms with Crippen LogP contribution in [0.2, 0.25) is 0 Å². The van der Waals surface area contributed by atoms with Crippen LogP contribution in [0.3, 0.4) is 0 Å². The smallest absolute Gasteiger partial charge is 0.137 e. The van der Waals surface area contributed by atoms with Crippen LogP contribution in [0.1, 0.15) is 11.4 Å². The topological polar surface area (TPSA) is 40.7 Å². The van der Waals surface area contributed by atoms with E-state index < -0.39 is 0 Å². The molecule has 0 saturated carbocycles. The Kier molecular flexibility index (Phi) is 2.03. The Labute approximate surface area is 88.6 Å². The van der Waals surface area contributed by atoms with E-state index in [2.05, 4.69) is 27.4 Å². The predicted molar refractivity (Wildman–Crippen MR) is 59.4 cm³/mol. The SMILES string of the molecule is c1ccc(-c2nc3c([nH]2)CNCC3)cc1. The molecule has 0 amide bonds. The van der Waals surface area contributed by atoms with E-state index in [1.165, 1.54) is 11.4 Å². The molecule has 2 heterocycles. The second-order valence-electron chi connectivity index (χ2n) is 3.80. The number of aromatic nitrogens is 2. The molecule has 0 unspecified atom stereocenters. The van der Waals surface area contributed by atoms with Crippen molar-refractivity contribution in [2.75, 3.05) is 6.54 Å². The minimum absolute atomic E-state index is 0.912. The van der Waals surface area contributed by atoms with E-state index in [0.717, 1.165) is 30.9 Å². The number of H-pyrrole nitrogens is 1. The van der Waals surface area contributed by atoms with Crippen LogP contribution in [-0.4, -0.2) is 16.5 Å². The summed E-state index contributed by atoms with van der Waals surface area (Å²) in [5.74, 6) is 0.990. The first-order chi connectivity index (χ1) is 7.43. The van der Waals surface area contributed by atoms with Crippen molar-refractivity contribution in [1.29, 1.82) is 0 Å². The molecule has 0 atom stereocenters. The molecule has 1 aliphatic heterocycles. The van der Waals surface area contributed by atoms with Gasteiger partial charge in [0, 0.05) is 25.1 Å². The van der Waals surface area contributed by atoms with E-state index >= 15 is 0 Å². The highest BCUT2D eigenvalue weighted by Gasteiger charge is 2.14. The van der Waals surface area contributed by atoms with Crippen molar-refractivity contribution in [3.05, 3.63) is 41.7 Å². The largest absolute Gasteiger partial charge is 0.341 e. The molecule has 3 nitrogen and oxygen atoms in total. The Bertz CT molecular complexity index is 435. The number of hydrogen-bond acceptors (Lipinski definition) is 2. The average Bonchev–Trinajstić information content (AvgIpc) is 2.74. The molecule has 0 fully saturated rings. The minimum Gasteiger partial charge on any atom is -0.341 e. The third-order valence-electron chi connectivity index (χ3n) is 2.75. The molecular formula is C12H13N3. The summed E-state index contributed by atoms with van der Waals surface area (Å²) in [6.45, 7) is 1.95. The van der Waals surface area contributed by atoms with Gasteiger partial charge in [0.05, 0.1) is 11.4 Å². The summed E-state index contributed by atoms with van der Waals surface area (Å²) in [4.78, 5) is 8.00. The van der Waals surface area contributed by atoms with Crippen molar-refractivity contribution in [3.8, 4) is 11.4 Å². The van der Waals surface area contributed by atoms with Gasteiger partial charge in [0.1, 0.15) is 5.82 Å². The third-order valence-corrected chi connectivity index (χ3v) is 2.75. The fourth-order valence-electron chi connectivity index (χ4n) is 1.95. The van der Waals surface area contributed by atoms with Gasteiger partial charge in [-0.1, -0.05) is 30.3 Å². The lowest BCUT2D eigenvalue weighted by Gasteiger charge is -2.09. The first-order valence-electron chi connectivity index (χ1n) is 5.27. The Morgan fingerprint density at radius 3 is 2.80 bits per heavy atom. The van der Waals surface area contributed by atoms with Crippen LogP contribution in [0, 0.1) is 0 Å². The highest BCUT2D eigenvalue weighted by Crippen LogP contribution is 2.19. The van der Waals surface area contributed by atoms with Gasteiger partial charge in [0.25, 0.3) is 0 Å². The lowest BCUT2D eigenvalue weighted by molar-refractivity contribution is 0.627. The molecule has 0 aliphatic carbocycles. The summed E-state index contributed by atoms with van der Waals surface area (Å²) in [5, 5.41) is 3.33. The van der Waals surface area contributed by atoms with Gasteiger partial charge in [-0.3, -0.25) is 0 Å². The van der Waals surface area contributed by atoms with Crippen molar-refractivity contribution in [1.82, 2.24) is 15.3 Å². The van der Waals surface area contributed by atoms with Gasteiger partial charge in [-0.05, 0) is 0 Å². The third kappa shape index (κ3) is 1.55. The molecule has 0 spiro atoms. The van der Waals surface area contributed by atoms with Crippen molar-refractivity contribution < 1.29 is 0 Å². The molecule has 1 aliphatic rings. The first kappa shape index (κ1) is 8.68. The van der Waals surface area contributed by atoms with Gasteiger partial charge in [0.15, 0.2) is 0 Å². The number of rotatable bonds is 1. The van der Waals surface area contributed by atoms with Gasteiger partial charge in [-0.15, -0.1) is 0 Å². The summed E-state index contributed by atoms with van der Waals surface area (Å²) >= 11 is 0. The van der Waals surface area contributed by atoms with Gasteiger partial charge in [0.2, 0.25) is 0 Å². The average molecular weight is 199 g/mol. The fraction of sp³-hybridized carbons (Fsp3) is 0.250. The summed E-state index contributed by atoms with van der Waals surface area (Å²) < 4.78 is 0.